The Bertz CT molecular complexity index is 881. The highest BCUT2D eigenvalue weighted by Gasteiger charge is 2.22. The summed E-state index contributed by atoms with van der Waals surface area (Å²) in [6.45, 7) is 0.734. The molecule has 116 valence electrons. The lowest BCUT2D eigenvalue weighted by Gasteiger charge is -2.10. The van der Waals surface area contributed by atoms with E-state index < -0.39 is 0 Å². The molecule has 0 aliphatic carbocycles. The van der Waals surface area contributed by atoms with E-state index in [0.29, 0.717) is 29.5 Å². The molecule has 23 heavy (non-hydrogen) atoms. The average molecular weight is 310 g/mol. The Labute approximate surface area is 131 Å². The van der Waals surface area contributed by atoms with E-state index in [9.17, 15) is 4.79 Å². The Balaban J connectivity index is 1.69. The number of hydrogen-bond donors (Lipinski definition) is 0. The monoisotopic (exact) mass is 310 g/mol. The van der Waals surface area contributed by atoms with Crippen LogP contribution in [0.2, 0.25) is 0 Å². The summed E-state index contributed by atoms with van der Waals surface area (Å²) in [5.74, 6) is 1.58. The first-order valence-electron chi connectivity index (χ1n) is 7.34. The Hall–Kier alpha value is -2.96. The van der Waals surface area contributed by atoms with Crippen molar-refractivity contribution in [3.63, 3.8) is 0 Å². The van der Waals surface area contributed by atoms with E-state index in [1.165, 1.54) is 0 Å². The number of methoxy groups -OCH3 is 1. The highest BCUT2D eigenvalue weighted by molar-refractivity contribution is 5.95. The summed E-state index contributed by atoms with van der Waals surface area (Å²) in [6.07, 6.45) is 1.37. The molecule has 0 unspecified atom stereocenters. The Kier molecular flexibility index (Phi) is 3.18. The van der Waals surface area contributed by atoms with Crippen molar-refractivity contribution in [2.24, 2.45) is 0 Å². The van der Waals surface area contributed by atoms with Crippen LogP contribution in [0.3, 0.4) is 0 Å². The van der Waals surface area contributed by atoms with E-state index >= 15 is 0 Å². The van der Waals surface area contributed by atoms with Gasteiger partial charge in [0.1, 0.15) is 11.4 Å². The van der Waals surface area contributed by atoms with Crippen molar-refractivity contribution >= 4 is 5.78 Å². The summed E-state index contributed by atoms with van der Waals surface area (Å²) in [7, 11) is 1.60. The fourth-order valence-electron chi connectivity index (χ4n) is 2.64. The quantitative estimate of drug-likeness (QED) is 0.739. The minimum absolute atomic E-state index is 0.0996. The molecule has 0 spiro atoms. The second-order valence-electron chi connectivity index (χ2n) is 5.32. The lowest BCUT2D eigenvalue weighted by molar-refractivity contribution is 0.0951. The minimum atomic E-state index is 0.0996. The molecule has 0 bridgehead atoms. The molecular weight excluding hydrogens is 296 g/mol. The van der Waals surface area contributed by atoms with E-state index in [1.54, 1.807) is 17.9 Å². The fraction of sp³-hybridized carbons (Fsp3) is 0.250. The third kappa shape index (κ3) is 2.40. The van der Waals surface area contributed by atoms with Crippen LogP contribution in [0.15, 0.2) is 34.9 Å². The fourth-order valence-corrected chi connectivity index (χ4v) is 2.64. The maximum atomic E-state index is 11.9. The molecule has 0 N–H and O–H groups in total. The summed E-state index contributed by atoms with van der Waals surface area (Å²) >= 11 is 0. The molecule has 0 saturated carbocycles. The smallest absolute Gasteiger partial charge is 0.278 e. The number of carbonyl (C=O) groups is 1. The standard InChI is InChI=1S/C16H14N4O3/c1-22-11-5-2-4-10(8-11)15-17-16(23-19-15)12-9-13-14(21)6-3-7-20(13)18-12/h2,4-5,8-9H,3,6-7H2,1H3. The van der Waals surface area contributed by atoms with Gasteiger partial charge in [0.2, 0.25) is 5.82 Å². The molecule has 3 heterocycles. The van der Waals surface area contributed by atoms with Crippen LogP contribution in [0.1, 0.15) is 23.3 Å². The van der Waals surface area contributed by atoms with Crippen LogP contribution < -0.4 is 4.74 Å². The zero-order chi connectivity index (χ0) is 15.8. The number of rotatable bonds is 3. The molecule has 0 fully saturated rings. The second kappa shape index (κ2) is 5.35. The van der Waals surface area contributed by atoms with Crippen LogP contribution in [0.25, 0.3) is 23.0 Å². The number of aryl methyl sites for hydroxylation is 1. The zero-order valence-electron chi connectivity index (χ0n) is 12.5. The maximum Gasteiger partial charge on any atom is 0.278 e. The van der Waals surface area contributed by atoms with Gasteiger partial charge in [-0.15, -0.1) is 0 Å². The molecule has 0 radical (unpaired) electrons. The van der Waals surface area contributed by atoms with Gasteiger partial charge in [-0.3, -0.25) is 9.48 Å². The molecule has 1 aliphatic rings. The summed E-state index contributed by atoms with van der Waals surface area (Å²) in [5.41, 5.74) is 1.92. The average Bonchev–Trinajstić information content (AvgIpc) is 3.22. The Morgan fingerprint density at radius 1 is 1.30 bits per heavy atom. The summed E-state index contributed by atoms with van der Waals surface area (Å²) in [6, 6.07) is 9.12. The van der Waals surface area contributed by atoms with Gasteiger partial charge in [-0.2, -0.15) is 10.1 Å². The van der Waals surface area contributed by atoms with Gasteiger partial charge in [-0.25, -0.2) is 0 Å². The third-order valence-corrected chi connectivity index (χ3v) is 3.81. The molecule has 0 amide bonds. The third-order valence-electron chi connectivity index (χ3n) is 3.81. The van der Waals surface area contributed by atoms with Crippen molar-refractivity contribution < 1.29 is 14.1 Å². The molecule has 0 atom stereocenters. The van der Waals surface area contributed by atoms with Crippen molar-refractivity contribution in [1.29, 1.82) is 0 Å². The number of benzene rings is 1. The number of carbonyl (C=O) groups excluding carboxylic acids is 1. The molecular formula is C16H14N4O3. The van der Waals surface area contributed by atoms with Crippen molar-refractivity contribution in [2.45, 2.75) is 19.4 Å². The lowest BCUT2D eigenvalue weighted by atomic mass is 10.1. The van der Waals surface area contributed by atoms with Gasteiger partial charge in [-0.1, -0.05) is 17.3 Å². The highest BCUT2D eigenvalue weighted by Crippen LogP contribution is 2.26. The summed E-state index contributed by atoms with van der Waals surface area (Å²) < 4.78 is 12.2. The van der Waals surface area contributed by atoms with Crippen LogP contribution in [0.4, 0.5) is 0 Å². The number of Topliss-reactive ketones (excluding diaryl/α,β-unsaturated/α-hetero) is 1. The normalized spacial score (nSPS) is 13.9. The van der Waals surface area contributed by atoms with E-state index in [2.05, 4.69) is 15.2 Å². The molecule has 7 heteroatoms. The highest BCUT2D eigenvalue weighted by atomic mass is 16.5. The van der Waals surface area contributed by atoms with Gasteiger partial charge in [0.05, 0.1) is 7.11 Å². The number of aromatic nitrogens is 4. The van der Waals surface area contributed by atoms with Gasteiger partial charge < -0.3 is 9.26 Å². The van der Waals surface area contributed by atoms with Crippen LogP contribution in [0, 0.1) is 0 Å². The van der Waals surface area contributed by atoms with Crippen LogP contribution >= 0.6 is 0 Å². The lowest BCUT2D eigenvalue weighted by Crippen LogP contribution is -2.16. The van der Waals surface area contributed by atoms with Gasteiger partial charge >= 0.3 is 0 Å². The van der Waals surface area contributed by atoms with Gasteiger partial charge in [-0.05, 0) is 18.6 Å². The first-order valence-corrected chi connectivity index (χ1v) is 7.34. The van der Waals surface area contributed by atoms with E-state index in [-0.39, 0.29) is 5.78 Å². The molecule has 4 rings (SSSR count). The Morgan fingerprint density at radius 3 is 3.04 bits per heavy atom. The minimum Gasteiger partial charge on any atom is -0.497 e. The van der Waals surface area contributed by atoms with E-state index in [1.807, 2.05) is 24.3 Å². The van der Waals surface area contributed by atoms with Crippen molar-refractivity contribution in [2.75, 3.05) is 7.11 Å². The van der Waals surface area contributed by atoms with E-state index in [4.69, 9.17) is 9.26 Å². The number of ether oxygens (including phenoxy) is 1. The number of nitrogens with zero attached hydrogens (tertiary/aromatic N) is 4. The van der Waals surface area contributed by atoms with Gasteiger partial charge in [0.25, 0.3) is 5.89 Å². The van der Waals surface area contributed by atoms with Gasteiger partial charge in [0, 0.05) is 24.6 Å². The largest absolute Gasteiger partial charge is 0.497 e. The van der Waals surface area contributed by atoms with Crippen molar-refractivity contribution in [3.05, 3.63) is 36.0 Å². The molecule has 7 nitrogen and oxygen atoms in total. The summed E-state index contributed by atoms with van der Waals surface area (Å²) in [5, 5.41) is 8.37. The topological polar surface area (TPSA) is 83.0 Å². The van der Waals surface area contributed by atoms with Crippen LogP contribution in [-0.4, -0.2) is 32.8 Å². The van der Waals surface area contributed by atoms with Crippen molar-refractivity contribution in [1.82, 2.24) is 19.9 Å². The number of ketones is 1. The predicted molar refractivity (Wildman–Crippen MR) is 81.1 cm³/mol. The van der Waals surface area contributed by atoms with Crippen LogP contribution in [-0.2, 0) is 6.54 Å². The molecule has 1 aliphatic heterocycles. The molecule has 1 aromatic carbocycles. The molecule has 0 saturated heterocycles. The first-order chi connectivity index (χ1) is 11.2. The Morgan fingerprint density at radius 2 is 2.22 bits per heavy atom. The predicted octanol–water partition coefficient (Wildman–Crippen LogP) is 2.59. The number of hydrogen-bond acceptors (Lipinski definition) is 6. The molecule has 2 aromatic heterocycles. The first kappa shape index (κ1) is 13.7. The second-order valence-corrected chi connectivity index (χ2v) is 5.32. The number of fused-ring (bicyclic) bond motifs is 1. The summed E-state index contributed by atoms with van der Waals surface area (Å²) in [4.78, 5) is 16.3. The molecule has 3 aromatic rings. The SMILES string of the molecule is COc1cccc(-c2noc(-c3cc4n(n3)CCCC4=O)n2)c1. The van der Waals surface area contributed by atoms with Crippen molar-refractivity contribution in [3.8, 4) is 28.7 Å². The zero-order valence-corrected chi connectivity index (χ0v) is 12.5. The van der Waals surface area contributed by atoms with Crippen LogP contribution in [0.5, 0.6) is 5.75 Å². The van der Waals surface area contributed by atoms with E-state index in [0.717, 1.165) is 24.3 Å². The van der Waals surface area contributed by atoms with Gasteiger partial charge in [0.15, 0.2) is 11.5 Å². The maximum absolute atomic E-state index is 11.9.